The summed E-state index contributed by atoms with van der Waals surface area (Å²) in [5.41, 5.74) is 2.54. The number of amides is 1. The van der Waals surface area contributed by atoms with Crippen molar-refractivity contribution in [3.8, 4) is 6.07 Å². The van der Waals surface area contributed by atoms with Crippen molar-refractivity contribution < 1.29 is 4.79 Å². The van der Waals surface area contributed by atoms with E-state index in [-0.39, 0.29) is 5.91 Å². The van der Waals surface area contributed by atoms with E-state index in [1.54, 1.807) is 12.1 Å². The molecular weight excluding hydrogens is 260 g/mol. The maximum atomic E-state index is 12.2. The molecule has 0 bridgehead atoms. The largest absolute Gasteiger partial charge is 0.333 e. The van der Waals surface area contributed by atoms with Crippen LogP contribution in [-0.4, -0.2) is 5.91 Å². The minimum atomic E-state index is -0.636. The first-order valence-corrected chi connectivity index (χ1v) is 6.97. The fourth-order valence-electron chi connectivity index (χ4n) is 2.07. The van der Waals surface area contributed by atoms with E-state index in [0.717, 1.165) is 5.56 Å². The van der Waals surface area contributed by atoms with E-state index in [1.807, 2.05) is 42.5 Å². The molecule has 21 heavy (non-hydrogen) atoms. The summed E-state index contributed by atoms with van der Waals surface area (Å²) in [6.07, 6.45) is 0. The fraction of sp³-hybridized carbons (Fsp3) is 0.222. The molecule has 0 fully saturated rings. The Bertz CT molecular complexity index is 639. The quantitative estimate of drug-likeness (QED) is 0.924. The van der Waals surface area contributed by atoms with E-state index in [9.17, 15) is 10.1 Å². The molecule has 0 aliphatic carbocycles. The average Bonchev–Trinajstić information content (AvgIpc) is 2.53. The summed E-state index contributed by atoms with van der Waals surface area (Å²) in [7, 11) is 0. The third kappa shape index (κ3) is 3.70. The zero-order valence-electron chi connectivity index (χ0n) is 12.2. The van der Waals surface area contributed by atoms with Crippen LogP contribution < -0.4 is 5.32 Å². The Morgan fingerprint density at radius 2 is 1.62 bits per heavy atom. The zero-order chi connectivity index (χ0) is 15.2. The van der Waals surface area contributed by atoms with Crippen LogP contribution in [0.3, 0.4) is 0 Å². The van der Waals surface area contributed by atoms with E-state index in [4.69, 9.17) is 0 Å². The number of rotatable bonds is 4. The van der Waals surface area contributed by atoms with Crippen molar-refractivity contribution in [1.82, 2.24) is 5.32 Å². The van der Waals surface area contributed by atoms with Gasteiger partial charge in [-0.25, -0.2) is 0 Å². The highest BCUT2D eigenvalue weighted by molar-refractivity contribution is 5.94. The standard InChI is InChI=1S/C18H18N2O/c1-13(2)14-8-10-16(11-9-14)18(21)20-17(12-19)15-6-4-3-5-7-15/h3-11,13,17H,1-2H3,(H,20,21). The smallest absolute Gasteiger partial charge is 0.252 e. The molecule has 0 aliphatic heterocycles. The molecule has 1 unspecified atom stereocenters. The van der Waals surface area contributed by atoms with Crippen molar-refractivity contribution in [1.29, 1.82) is 5.26 Å². The predicted octanol–water partition coefficient (Wildman–Crippen LogP) is 3.80. The minimum absolute atomic E-state index is 0.235. The molecule has 3 nitrogen and oxygen atoms in total. The van der Waals surface area contributed by atoms with Crippen LogP contribution in [0.5, 0.6) is 0 Å². The van der Waals surface area contributed by atoms with Gasteiger partial charge >= 0.3 is 0 Å². The van der Waals surface area contributed by atoms with Gasteiger partial charge in [-0.1, -0.05) is 56.3 Å². The molecule has 0 aromatic heterocycles. The van der Waals surface area contributed by atoms with Gasteiger partial charge in [0.1, 0.15) is 6.04 Å². The number of hydrogen-bond acceptors (Lipinski definition) is 2. The third-order valence-electron chi connectivity index (χ3n) is 3.38. The topological polar surface area (TPSA) is 52.9 Å². The van der Waals surface area contributed by atoms with Crippen LogP contribution in [-0.2, 0) is 0 Å². The average molecular weight is 278 g/mol. The van der Waals surface area contributed by atoms with Crippen molar-refractivity contribution in [2.75, 3.05) is 0 Å². The molecule has 3 heteroatoms. The number of hydrogen-bond donors (Lipinski definition) is 1. The second-order valence-corrected chi connectivity index (χ2v) is 5.22. The lowest BCUT2D eigenvalue weighted by Gasteiger charge is -2.12. The normalized spacial score (nSPS) is 11.7. The van der Waals surface area contributed by atoms with Crippen molar-refractivity contribution in [3.63, 3.8) is 0 Å². The maximum Gasteiger partial charge on any atom is 0.252 e. The first kappa shape index (κ1) is 14.8. The molecule has 1 amide bonds. The molecule has 2 aromatic carbocycles. The Balaban J connectivity index is 2.11. The summed E-state index contributed by atoms with van der Waals surface area (Å²) in [6.45, 7) is 4.21. The van der Waals surface area contributed by atoms with E-state index >= 15 is 0 Å². The second kappa shape index (κ2) is 6.71. The number of nitrogens with one attached hydrogen (secondary N) is 1. The fourth-order valence-corrected chi connectivity index (χ4v) is 2.07. The molecule has 0 heterocycles. The SMILES string of the molecule is CC(C)c1ccc(C(=O)NC(C#N)c2ccccc2)cc1. The van der Waals surface area contributed by atoms with Crippen LogP contribution in [0.1, 0.15) is 47.3 Å². The Hall–Kier alpha value is -2.60. The van der Waals surface area contributed by atoms with Gasteiger partial charge in [0, 0.05) is 5.56 Å². The summed E-state index contributed by atoms with van der Waals surface area (Å²) < 4.78 is 0. The Kier molecular flexibility index (Phi) is 4.73. The molecule has 0 saturated carbocycles. The first-order chi connectivity index (χ1) is 10.1. The van der Waals surface area contributed by atoms with Gasteiger partial charge in [0.05, 0.1) is 6.07 Å². The number of carbonyl (C=O) groups excluding carboxylic acids is 1. The van der Waals surface area contributed by atoms with Crippen LogP contribution in [0.4, 0.5) is 0 Å². The van der Waals surface area contributed by atoms with Crippen molar-refractivity contribution in [3.05, 3.63) is 71.3 Å². The van der Waals surface area contributed by atoms with Crippen molar-refractivity contribution >= 4 is 5.91 Å². The summed E-state index contributed by atoms with van der Waals surface area (Å²) in [5.74, 6) is 0.194. The highest BCUT2D eigenvalue weighted by Crippen LogP contribution is 2.16. The van der Waals surface area contributed by atoms with E-state index in [2.05, 4.69) is 25.2 Å². The lowest BCUT2D eigenvalue weighted by atomic mass is 10.0. The van der Waals surface area contributed by atoms with Crippen LogP contribution in [0.25, 0.3) is 0 Å². The Morgan fingerprint density at radius 3 is 2.14 bits per heavy atom. The molecule has 2 aromatic rings. The summed E-state index contributed by atoms with van der Waals surface area (Å²) >= 11 is 0. The minimum Gasteiger partial charge on any atom is -0.333 e. The van der Waals surface area contributed by atoms with Gasteiger partial charge < -0.3 is 5.32 Å². The summed E-state index contributed by atoms with van der Waals surface area (Å²) in [6, 6.07) is 18.2. The lowest BCUT2D eigenvalue weighted by Crippen LogP contribution is -2.27. The maximum absolute atomic E-state index is 12.2. The lowest BCUT2D eigenvalue weighted by molar-refractivity contribution is 0.0945. The van der Waals surface area contributed by atoms with Gasteiger partial charge in [0.15, 0.2) is 0 Å². The van der Waals surface area contributed by atoms with Gasteiger partial charge in [-0.2, -0.15) is 5.26 Å². The zero-order valence-corrected chi connectivity index (χ0v) is 12.2. The summed E-state index contributed by atoms with van der Waals surface area (Å²) in [4.78, 5) is 12.2. The van der Waals surface area contributed by atoms with Gasteiger partial charge in [-0.3, -0.25) is 4.79 Å². The molecular formula is C18H18N2O. The molecule has 0 aliphatic rings. The van der Waals surface area contributed by atoms with E-state index in [0.29, 0.717) is 11.5 Å². The number of benzene rings is 2. The van der Waals surface area contributed by atoms with Gasteiger partial charge in [-0.05, 0) is 29.2 Å². The number of nitriles is 1. The van der Waals surface area contributed by atoms with Crippen LogP contribution >= 0.6 is 0 Å². The third-order valence-corrected chi connectivity index (χ3v) is 3.38. The highest BCUT2D eigenvalue weighted by atomic mass is 16.1. The molecule has 1 N–H and O–H groups in total. The van der Waals surface area contributed by atoms with Crippen LogP contribution in [0.2, 0.25) is 0 Å². The molecule has 1 atom stereocenters. The monoisotopic (exact) mass is 278 g/mol. The first-order valence-electron chi connectivity index (χ1n) is 6.97. The van der Waals surface area contributed by atoms with Gasteiger partial charge in [0.25, 0.3) is 5.91 Å². The Morgan fingerprint density at radius 1 is 1.00 bits per heavy atom. The molecule has 0 radical (unpaired) electrons. The molecule has 106 valence electrons. The highest BCUT2D eigenvalue weighted by Gasteiger charge is 2.14. The number of carbonyl (C=O) groups is 1. The second-order valence-electron chi connectivity index (χ2n) is 5.22. The van der Waals surface area contributed by atoms with Crippen molar-refractivity contribution in [2.24, 2.45) is 0 Å². The predicted molar refractivity (Wildman–Crippen MR) is 82.8 cm³/mol. The van der Waals surface area contributed by atoms with E-state index < -0.39 is 6.04 Å². The van der Waals surface area contributed by atoms with Crippen molar-refractivity contribution in [2.45, 2.75) is 25.8 Å². The van der Waals surface area contributed by atoms with Crippen LogP contribution in [0, 0.1) is 11.3 Å². The number of nitrogens with zero attached hydrogens (tertiary/aromatic N) is 1. The molecule has 2 rings (SSSR count). The molecule has 0 saturated heterocycles. The van der Waals surface area contributed by atoms with E-state index in [1.165, 1.54) is 5.56 Å². The van der Waals surface area contributed by atoms with Gasteiger partial charge in [-0.15, -0.1) is 0 Å². The summed E-state index contributed by atoms with van der Waals surface area (Å²) in [5, 5.41) is 12.0. The molecule has 0 spiro atoms. The van der Waals surface area contributed by atoms with Crippen LogP contribution in [0.15, 0.2) is 54.6 Å². The van der Waals surface area contributed by atoms with Gasteiger partial charge in [0.2, 0.25) is 0 Å². The Labute approximate surface area is 125 Å².